The van der Waals surface area contributed by atoms with E-state index in [1.165, 1.54) is 0 Å². The third kappa shape index (κ3) is 3.11. The van der Waals surface area contributed by atoms with Gasteiger partial charge in [-0.2, -0.15) is 10.2 Å². The zero-order chi connectivity index (χ0) is 12.1. The van der Waals surface area contributed by atoms with Crippen molar-refractivity contribution in [2.45, 2.75) is 12.8 Å². The third-order valence-electron chi connectivity index (χ3n) is 2.38. The second-order valence-corrected chi connectivity index (χ2v) is 3.67. The first kappa shape index (κ1) is 11.3. The molecular formula is C13H12N2O2. The van der Waals surface area contributed by atoms with Crippen molar-refractivity contribution >= 4 is 5.97 Å². The van der Waals surface area contributed by atoms with Crippen LogP contribution in [0.1, 0.15) is 12.1 Å². The van der Waals surface area contributed by atoms with Crippen LogP contribution in [0.4, 0.5) is 0 Å². The molecule has 2 aromatic rings. The minimum Gasteiger partial charge on any atom is -0.481 e. The van der Waals surface area contributed by atoms with Gasteiger partial charge in [0.1, 0.15) is 0 Å². The van der Waals surface area contributed by atoms with E-state index in [0.717, 1.165) is 11.3 Å². The van der Waals surface area contributed by atoms with Gasteiger partial charge in [-0.1, -0.05) is 30.3 Å². The van der Waals surface area contributed by atoms with Gasteiger partial charge in [-0.15, -0.1) is 0 Å². The number of carbonyl (C=O) groups is 1. The molecule has 2 rings (SSSR count). The standard InChI is InChI=1S/C13H12N2O2/c16-13(17)9-7-11-6-8-12(15-14-11)10-4-2-1-3-5-10/h1-6,8H,7,9H2,(H,16,17). The fourth-order valence-electron chi connectivity index (χ4n) is 1.49. The van der Waals surface area contributed by atoms with Crippen LogP contribution in [0.25, 0.3) is 11.3 Å². The second kappa shape index (κ2) is 5.21. The molecule has 0 bridgehead atoms. The first-order valence-corrected chi connectivity index (χ1v) is 5.35. The topological polar surface area (TPSA) is 63.1 Å². The Balaban J connectivity index is 2.11. The van der Waals surface area contributed by atoms with Gasteiger partial charge >= 0.3 is 5.97 Å². The van der Waals surface area contributed by atoms with Crippen LogP contribution in [0.2, 0.25) is 0 Å². The monoisotopic (exact) mass is 228 g/mol. The minimum atomic E-state index is -0.820. The van der Waals surface area contributed by atoms with Gasteiger partial charge < -0.3 is 5.11 Å². The van der Waals surface area contributed by atoms with Crippen molar-refractivity contribution in [3.8, 4) is 11.3 Å². The number of rotatable bonds is 4. The van der Waals surface area contributed by atoms with E-state index in [9.17, 15) is 4.79 Å². The lowest BCUT2D eigenvalue weighted by atomic mass is 10.1. The summed E-state index contributed by atoms with van der Waals surface area (Å²) in [5, 5.41) is 16.7. The quantitative estimate of drug-likeness (QED) is 0.871. The normalized spacial score (nSPS) is 10.1. The predicted octanol–water partition coefficient (Wildman–Crippen LogP) is 2.16. The molecule has 0 aliphatic carbocycles. The van der Waals surface area contributed by atoms with E-state index in [1.807, 2.05) is 42.5 Å². The molecule has 0 unspecified atom stereocenters. The number of carboxylic acid groups (broad SMARTS) is 1. The number of benzene rings is 1. The molecule has 1 heterocycles. The molecule has 0 aliphatic heterocycles. The molecule has 0 aliphatic rings. The van der Waals surface area contributed by atoms with Gasteiger partial charge in [-0.25, -0.2) is 0 Å². The van der Waals surface area contributed by atoms with Crippen LogP contribution in [0, 0.1) is 0 Å². The Hall–Kier alpha value is -2.23. The molecule has 0 radical (unpaired) electrons. The Morgan fingerprint density at radius 3 is 2.41 bits per heavy atom. The van der Waals surface area contributed by atoms with E-state index >= 15 is 0 Å². The molecule has 0 amide bonds. The van der Waals surface area contributed by atoms with Gasteiger partial charge in [-0.3, -0.25) is 4.79 Å². The highest BCUT2D eigenvalue weighted by atomic mass is 16.4. The molecule has 0 saturated heterocycles. The van der Waals surface area contributed by atoms with Crippen molar-refractivity contribution in [2.75, 3.05) is 0 Å². The third-order valence-corrected chi connectivity index (χ3v) is 2.38. The lowest BCUT2D eigenvalue weighted by Crippen LogP contribution is -2.00. The molecular weight excluding hydrogens is 216 g/mol. The number of aromatic nitrogens is 2. The van der Waals surface area contributed by atoms with Crippen LogP contribution in [-0.2, 0) is 11.2 Å². The highest BCUT2D eigenvalue weighted by Gasteiger charge is 2.02. The highest BCUT2D eigenvalue weighted by molar-refractivity contribution is 5.67. The Morgan fingerprint density at radius 2 is 1.82 bits per heavy atom. The Labute approximate surface area is 98.9 Å². The van der Waals surface area contributed by atoms with E-state index in [0.29, 0.717) is 12.1 Å². The zero-order valence-corrected chi connectivity index (χ0v) is 9.21. The molecule has 0 fully saturated rings. The lowest BCUT2D eigenvalue weighted by Gasteiger charge is -2.01. The average molecular weight is 228 g/mol. The summed E-state index contributed by atoms with van der Waals surface area (Å²) < 4.78 is 0. The van der Waals surface area contributed by atoms with Crippen LogP contribution in [0.5, 0.6) is 0 Å². The minimum absolute atomic E-state index is 0.0827. The van der Waals surface area contributed by atoms with Gasteiger partial charge in [0.25, 0.3) is 0 Å². The van der Waals surface area contributed by atoms with Crippen molar-refractivity contribution in [3.05, 3.63) is 48.2 Å². The van der Waals surface area contributed by atoms with Crippen molar-refractivity contribution in [1.82, 2.24) is 10.2 Å². The molecule has 86 valence electrons. The van der Waals surface area contributed by atoms with Gasteiger partial charge in [-0.05, 0) is 12.1 Å². The number of hydrogen-bond acceptors (Lipinski definition) is 3. The smallest absolute Gasteiger partial charge is 0.303 e. The zero-order valence-electron chi connectivity index (χ0n) is 9.21. The van der Waals surface area contributed by atoms with Gasteiger partial charge in [0.05, 0.1) is 17.8 Å². The summed E-state index contributed by atoms with van der Waals surface area (Å²) in [6, 6.07) is 13.4. The first-order chi connectivity index (χ1) is 8.25. The predicted molar refractivity (Wildman–Crippen MR) is 63.4 cm³/mol. The molecule has 1 aromatic heterocycles. The summed E-state index contributed by atoms with van der Waals surface area (Å²) in [5.41, 5.74) is 2.50. The molecule has 17 heavy (non-hydrogen) atoms. The van der Waals surface area contributed by atoms with Crippen molar-refractivity contribution in [3.63, 3.8) is 0 Å². The Bertz CT molecular complexity index is 495. The van der Waals surface area contributed by atoms with Gasteiger partial charge in [0.2, 0.25) is 0 Å². The highest BCUT2D eigenvalue weighted by Crippen LogP contribution is 2.15. The molecule has 0 saturated carbocycles. The number of carboxylic acids is 1. The van der Waals surface area contributed by atoms with Crippen LogP contribution < -0.4 is 0 Å². The maximum atomic E-state index is 10.4. The Kier molecular flexibility index (Phi) is 3.45. The number of aliphatic carboxylic acids is 1. The summed E-state index contributed by atoms with van der Waals surface area (Å²) in [6.07, 6.45) is 0.497. The van der Waals surface area contributed by atoms with Crippen LogP contribution in [0.3, 0.4) is 0 Å². The molecule has 1 N–H and O–H groups in total. The Morgan fingerprint density at radius 1 is 1.06 bits per heavy atom. The van der Waals surface area contributed by atoms with E-state index in [4.69, 9.17) is 5.11 Å². The first-order valence-electron chi connectivity index (χ1n) is 5.35. The number of aryl methyl sites for hydroxylation is 1. The fraction of sp³-hybridized carbons (Fsp3) is 0.154. The maximum absolute atomic E-state index is 10.4. The maximum Gasteiger partial charge on any atom is 0.303 e. The molecule has 4 heteroatoms. The van der Waals surface area contributed by atoms with Crippen molar-refractivity contribution in [1.29, 1.82) is 0 Å². The van der Waals surface area contributed by atoms with Crippen molar-refractivity contribution < 1.29 is 9.90 Å². The largest absolute Gasteiger partial charge is 0.481 e. The summed E-state index contributed by atoms with van der Waals surface area (Å²) in [6.45, 7) is 0. The lowest BCUT2D eigenvalue weighted by molar-refractivity contribution is -0.136. The van der Waals surface area contributed by atoms with E-state index in [-0.39, 0.29) is 6.42 Å². The average Bonchev–Trinajstić information content (AvgIpc) is 2.38. The van der Waals surface area contributed by atoms with Gasteiger partial charge in [0, 0.05) is 12.0 Å². The van der Waals surface area contributed by atoms with E-state index in [1.54, 1.807) is 0 Å². The SMILES string of the molecule is O=C(O)CCc1ccc(-c2ccccc2)nn1. The van der Waals surface area contributed by atoms with Crippen LogP contribution in [0.15, 0.2) is 42.5 Å². The van der Waals surface area contributed by atoms with Gasteiger partial charge in [0.15, 0.2) is 0 Å². The summed E-state index contributed by atoms with van der Waals surface area (Å²) in [7, 11) is 0. The summed E-state index contributed by atoms with van der Waals surface area (Å²) in [4.78, 5) is 10.4. The fourth-order valence-corrected chi connectivity index (χ4v) is 1.49. The number of hydrogen-bond donors (Lipinski definition) is 1. The molecule has 4 nitrogen and oxygen atoms in total. The second-order valence-electron chi connectivity index (χ2n) is 3.67. The summed E-state index contributed by atoms with van der Waals surface area (Å²) in [5.74, 6) is -0.820. The van der Waals surface area contributed by atoms with Crippen LogP contribution in [-0.4, -0.2) is 21.3 Å². The van der Waals surface area contributed by atoms with E-state index < -0.39 is 5.97 Å². The molecule has 1 aromatic carbocycles. The summed E-state index contributed by atoms with van der Waals surface area (Å²) >= 11 is 0. The van der Waals surface area contributed by atoms with Crippen molar-refractivity contribution in [2.24, 2.45) is 0 Å². The molecule has 0 atom stereocenters. The number of nitrogens with zero attached hydrogens (tertiary/aromatic N) is 2. The molecule has 0 spiro atoms. The van der Waals surface area contributed by atoms with Crippen LogP contribution >= 0.6 is 0 Å². The van der Waals surface area contributed by atoms with E-state index in [2.05, 4.69) is 10.2 Å².